The summed E-state index contributed by atoms with van der Waals surface area (Å²) in [6.07, 6.45) is 6.87. The van der Waals surface area contributed by atoms with E-state index in [1.54, 1.807) is 0 Å². The lowest BCUT2D eigenvalue weighted by Crippen LogP contribution is -2.47. The fourth-order valence-corrected chi connectivity index (χ4v) is 3.18. The zero-order valence-electron chi connectivity index (χ0n) is 11.8. The molecule has 108 valence electrons. The first kappa shape index (κ1) is 13.6. The van der Waals surface area contributed by atoms with Crippen molar-refractivity contribution in [1.29, 1.82) is 0 Å². The van der Waals surface area contributed by atoms with Gasteiger partial charge in [-0.25, -0.2) is 10.9 Å². The van der Waals surface area contributed by atoms with E-state index in [1.807, 2.05) is 18.2 Å². The third-order valence-corrected chi connectivity index (χ3v) is 4.37. The van der Waals surface area contributed by atoms with Crippen LogP contribution in [0.5, 0.6) is 0 Å². The molecule has 1 aliphatic carbocycles. The van der Waals surface area contributed by atoms with Gasteiger partial charge in [0.25, 0.3) is 0 Å². The Hall–Kier alpha value is -1.39. The van der Waals surface area contributed by atoms with Gasteiger partial charge < -0.3 is 5.32 Å². The number of hydrazine groups is 1. The summed E-state index contributed by atoms with van der Waals surface area (Å²) >= 11 is 0. The quantitative estimate of drug-likeness (QED) is 0.790. The molecule has 1 aliphatic heterocycles. The molecule has 1 heterocycles. The minimum absolute atomic E-state index is 0.123. The smallest absolute Gasteiger partial charge is 0.238 e. The summed E-state index contributed by atoms with van der Waals surface area (Å²) < 4.78 is 0. The minimum Gasteiger partial charge on any atom is -0.352 e. The van der Waals surface area contributed by atoms with E-state index in [9.17, 15) is 4.79 Å². The number of carbonyl (C=O) groups excluding carboxylic acids is 1. The molecule has 0 radical (unpaired) electrons. The van der Waals surface area contributed by atoms with Gasteiger partial charge in [-0.1, -0.05) is 49.6 Å². The van der Waals surface area contributed by atoms with Crippen LogP contribution < -0.4 is 16.2 Å². The van der Waals surface area contributed by atoms with Gasteiger partial charge in [0, 0.05) is 12.1 Å². The zero-order chi connectivity index (χ0) is 13.8. The lowest BCUT2D eigenvalue weighted by Gasteiger charge is -2.24. The van der Waals surface area contributed by atoms with Crippen LogP contribution in [0.25, 0.3) is 0 Å². The van der Waals surface area contributed by atoms with Crippen molar-refractivity contribution in [2.45, 2.75) is 56.7 Å². The van der Waals surface area contributed by atoms with E-state index in [0.29, 0.717) is 6.04 Å². The normalized spacial score (nSPS) is 27.4. The van der Waals surface area contributed by atoms with Gasteiger partial charge in [-0.15, -0.1) is 0 Å². The van der Waals surface area contributed by atoms with Gasteiger partial charge in [0.2, 0.25) is 5.91 Å². The Bertz CT molecular complexity index is 442. The van der Waals surface area contributed by atoms with Crippen LogP contribution in [0.4, 0.5) is 0 Å². The maximum Gasteiger partial charge on any atom is 0.238 e. The molecule has 2 unspecified atom stereocenters. The highest BCUT2D eigenvalue weighted by Crippen LogP contribution is 2.23. The predicted octanol–water partition coefficient (Wildman–Crippen LogP) is 2.04. The van der Waals surface area contributed by atoms with E-state index in [1.165, 1.54) is 24.8 Å². The van der Waals surface area contributed by atoms with E-state index in [0.717, 1.165) is 19.3 Å². The first-order chi connectivity index (χ1) is 9.83. The summed E-state index contributed by atoms with van der Waals surface area (Å²) in [6, 6.07) is 10.8. The summed E-state index contributed by atoms with van der Waals surface area (Å²) in [5, 5.41) is 3.19. The summed E-state index contributed by atoms with van der Waals surface area (Å²) in [6.45, 7) is 0. The molecule has 1 aromatic carbocycles. The Morgan fingerprint density at radius 1 is 1.05 bits per heavy atom. The van der Waals surface area contributed by atoms with Gasteiger partial charge in [-0.2, -0.15) is 0 Å². The molecule has 0 spiro atoms. The molecule has 20 heavy (non-hydrogen) atoms. The standard InChI is InChI=1S/C16H23N3O/c20-16(17-13-9-5-2-6-10-13)15-11-14(18-19-15)12-7-3-1-4-8-12/h1,3-4,7-8,13-15,18-19H,2,5-6,9-11H2,(H,17,20). The molecule has 2 aliphatic rings. The SMILES string of the molecule is O=C(NC1CCCCC1)C1CC(c2ccccc2)NN1. The van der Waals surface area contributed by atoms with Crippen LogP contribution in [-0.2, 0) is 4.79 Å². The number of nitrogens with one attached hydrogen (secondary N) is 3. The summed E-state index contributed by atoms with van der Waals surface area (Å²) in [7, 11) is 0. The third-order valence-electron chi connectivity index (χ3n) is 4.37. The van der Waals surface area contributed by atoms with Crippen LogP contribution in [0.3, 0.4) is 0 Å². The van der Waals surface area contributed by atoms with E-state index in [-0.39, 0.29) is 18.0 Å². The average molecular weight is 273 g/mol. The van der Waals surface area contributed by atoms with E-state index in [2.05, 4.69) is 28.3 Å². The number of hydrogen-bond acceptors (Lipinski definition) is 3. The molecule has 4 nitrogen and oxygen atoms in total. The third kappa shape index (κ3) is 3.19. The maximum atomic E-state index is 12.3. The Labute approximate surface area is 120 Å². The molecular formula is C16H23N3O. The second kappa shape index (κ2) is 6.37. The van der Waals surface area contributed by atoms with Crippen LogP contribution in [0, 0.1) is 0 Å². The summed E-state index contributed by atoms with van der Waals surface area (Å²) in [5.74, 6) is 0.142. The van der Waals surface area contributed by atoms with Crippen molar-refractivity contribution in [3.63, 3.8) is 0 Å². The molecule has 1 saturated heterocycles. The number of amides is 1. The summed E-state index contributed by atoms with van der Waals surface area (Å²) in [5.41, 5.74) is 7.59. The largest absolute Gasteiger partial charge is 0.352 e. The molecule has 3 rings (SSSR count). The first-order valence-electron chi connectivity index (χ1n) is 7.69. The molecule has 1 saturated carbocycles. The molecule has 3 N–H and O–H groups in total. The summed E-state index contributed by atoms with van der Waals surface area (Å²) in [4.78, 5) is 12.3. The first-order valence-corrected chi connectivity index (χ1v) is 7.69. The average Bonchev–Trinajstić information content (AvgIpc) is 2.99. The van der Waals surface area contributed by atoms with Crippen molar-refractivity contribution in [3.8, 4) is 0 Å². The fraction of sp³-hybridized carbons (Fsp3) is 0.562. The molecule has 1 aromatic rings. The van der Waals surface area contributed by atoms with Gasteiger partial charge >= 0.3 is 0 Å². The molecule has 4 heteroatoms. The Morgan fingerprint density at radius 3 is 2.55 bits per heavy atom. The van der Waals surface area contributed by atoms with Gasteiger partial charge in [-0.05, 0) is 24.8 Å². The maximum absolute atomic E-state index is 12.3. The zero-order valence-corrected chi connectivity index (χ0v) is 11.8. The lowest BCUT2D eigenvalue weighted by atomic mass is 9.95. The van der Waals surface area contributed by atoms with Gasteiger partial charge in [0.05, 0.1) is 0 Å². The van der Waals surface area contributed by atoms with Crippen molar-refractivity contribution in [2.75, 3.05) is 0 Å². The van der Waals surface area contributed by atoms with E-state index in [4.69, 9.17) is 0 Å². The van der Waals surface area contributed by atoms with Crippen molar-refractivity contribution in [2.24, 2.45) is 0 Å². The van der Waals surface area contributed by atoms with Gasteiger partial charge in [0.15, 0.2) is 0 Å². The second-order valence-electron chi connectivity index (χ2n) is 5.88. The highest BCUT2D eigenvalue weighted by atomic mass is 16.2. The fourth-order valence-electron chi connectivity index (χ4n) is 3.18. The highest BCUT2D eigenvalue weighted by molar-refractivity contribution is 5.82. The van der Waals surface area contributed by atoms with Crippen molar-refractivity contribution < 1.29 is 4.79 Å². The highest BCUT2D eigenvalue weighted by Gasteiger charge is 2.31. The van der Waals surface area contributed by atoms with Crippen LogP contribution in [-0.4, -0.2) is 18.0 Å². The predicted molar refractivity (Wildman–Crippen MR) is 78.9 cm³/mol. The van der Waals surface area contributed by atoms with Gasteiger partial charge in [0.1, 0.15) is 6.04 Å². The Kier molecular flexibility index (Phi) is 4.33. The molecule has 0 aromatic heterocycles. The van der Waals surface area contributed by atoms with E-state index < -0.39 is 0 Å². The minimum atomic E-state index is -0.123. The van der Waals surface area contributed by atoms with Crippen LogP contribution in [0.15, 0.2) is 30.3 Å². The van der Waals surface area contributed by atoms with Gasteiger partial charge in [-0.3, -0.25) is 4.79 Å². The molecule has 1 amide bonds. The van der Waals surface area contributed by atoms with Crippen molar-refractivity contribution in [1.82, 2.24) is 16.2 Å². The van der Waals surface area contributed by atoms with Crippen LogP contribution in [0.2, 0.25) is 0 Å². The van der Waals surface area contributed by atoms with Crippen molar-refractivity contribution >= 4 is 5.91 Å². The molecule has 2 atom stereocenters. The Morgan fingerprint density at radius 2 is 1.80 bits per heavy atom. The molecule has 0 bridgehead atoms. The van der Waals surface area contributed by atoms with Crippen molar-refractivity contribution in [3.05, 3.63) is 35.9 Å². The van der Waals surface area contributed by atoms with Crippen LogP contribution >= 0.6 is 0 Å². The van der Waals surface area contributed by atoms with Crippen LogP contribution in [0.1, 0.15) is 50.1 Å². The second-order valence-corrected chi connectivity index (χ2v) is 5.88. The number of rotatable bonds is 3. The number of hydrogen-bond donors (Lipinski definition) is 3. The molecule has 2 fully saturated rings. The van der Waals surface area contributed by atoms with E-state index >= 15 is 0 Å². The lowest BCUT2D eigenvalue weighted by molar-refractivity contribution is -0.123. The molecular weight excluding hydrogens is 250 g/mol. The Balaban J connectivity index is 1.53. The topological polar surface area (TPSA) is 53.2 Å². The number of benzene rings is 1. The number of carbonyl (C=O) groups is 1. The monoisotopic (exact) mass is 273 g/mol.